The number of fused-ring (bicyclic) bond motifs is 1. The van der Waals surface area contributed by atoms with Gasteiger partial charge in [0.15, 0.2) is 5.16 Å². The summed E-state index contributed by atoms with van der Waals surface area (Å²) in [5.41, 5.74) is 3.03. The second kappa shape index (κ2) is 10.9. The Bertz CT molecular complexity index is 1640. The Hall–Kier alpha value is -2.99. The number of imidazole rings is 1. The maximum atomic E-state index is 14.8. The van der Waals surface area contributed by atoms with Gasteiger partial charge in [0, 0.05) is 22.9 Å². The standard InChI is InChI=1S/C27H23ClF3N3O3S2/c1-37-25-11-15(5-10-21(25)28)19-3-2-4-24-26(19)34(17-8-6-16(29)7-9-17)27(33-24)38-14-20-22(30)12-18(13-23(20)31)39(32,35)36/h5-13,19H,2-4,14H2,1H3,(H2,32,35,36). The maximum Gasteiger partial charge on any atom is 0.238 e. The van der Waals surface area contributed by atoms with Gasteiger partial charge >= 0.3 is 0 Å². The van der Waals surface area contributed by atoms with Crippen molar-refractivity contribution in [2.45, 2.75) is 41.0 Å². The summed E-state index contributed by atoms with van der Waals surface area (Å²) in [6.45, 7) is 0. The van der Waals surface area contributed by atoms with E-state index in [0.29, 0.717) is 40.2 Å². The first-order valence-corrected chi connectivity index (χ1v) is 14.8. The quantitative estimate of drug-likeness (QED) is 0.252. The maximum absolute atomic E-state index is 14.8. The Balaban J connectivity index is 1.59. The summed E-state index contributed by atoms with van der Waals surface area (Å²) in [5.74, 6) is -2.17. The minimum Gasteiger partial charge on any atom is -0.495 e. The molecule has 204 valence electrons. The monoisotopic (exact) mass is 593 g/mol. The lowest BCUT2D eigenvalue weighted by Gasteiger charge is -2.26. The summed E-state index contributed by atoms with van der Waals surface area (Å²) in [6.07, 6.45) is 2.38. The number of hydrogen-bond donors (Lipinski definition) is 1. The van der Waals surface area contributed by atoms with E-state index in [1.165, 1.54) is 12.1 Å². The number of thioether (sulfide) groups is 1. The number of benzene rings is 3. The van der Waals surface area contributed by atoms with E-state index in [9.17, 15) is 21.6 Å². The van der Waals surface area contributed by atoms with E-state index >= 15 is 0 Å². The van der Waals surface area contributed by atoms with E-state index in [0.717, 1.165) is 41.6 Å². The van der Waals surface area contributed by atoms with Gasteiger partial charge in [0.2, 0.25) is 10.0 Å². The zero-order valence-corrected chi connectivity index (χ0v) is 23.0. The van der Waals surface area contributed by atoms with Crippen LogP contribution < -0.4 is 9.88 Å². The van der Waals surface area contributed by atoms with Crippen molar-refractivity contribution in [3.05, 3.63) is 99.6 Å². The summed E-state index contributed by atoms with van der Waals surface area (Å²) in [4.78, 5) is 4.19. The van der Waals surface area contributed by atoms with Gasteiger partial charge in [-0.15, -0.1) is 0 Å². The van der Waals surface area contributed by atoms with Crippen LogP contribution in [0.25, 0.3) is 5.69 Å². The Morgan fingerprint density at radius 3 is 2.44 bits per heavy atom. The van der Waals surface area contributed by atoms with Crippen LogP contribution >= 0.6 is 23.4 Å². The highest BCUT2D eigenvalue weighted by Crippen LogP contribution is 2.42. The number of halogens is 4. The zero-order chi connectivity index (χ0) is 27.9. The van der Waals surface area contributed by atoms with Crippen molar-refractivity contribution in [2.24, 2.45) is 5.14 Å². The minimum absolute atomic E-state index is 0.0886. The minimum atomic E-state index is -4.27. The molecule has 1 aliphatic rings. The van der Waals surface area contributed by atoms with Gasteiger partial charge in [0.05, 0.1) is 28.4 Å². The fourth-order valence-corrected chi connectivity index (χ4v) is 6.57. The third kappa shape index (κ3) is 5.54. The van der Waals surface area contributed by atoms with Crippen LogP contribution in [0.5, 0.6) is 5.75 Å². The van der Waals surface area contributed by atoms with Gasteiger partial charge in [-0.25, -0.2) is 31.7 Å². The van der Waals surface area contributed by atoms with Gasteiger partial charge in [0.1, 0.15) is 23.2 Å². The van der Waals surface area contributed by atoms with Gasteiger partial charge < -0.3 is 4.74 Å². The molecule has 0 amide bonds. The van der Waals surface area contributed by atoms with Gasteiger partial charge in [-0.3, -0.25) is 4.57 Å². The first-order chi connectivity index (χ1) is 18.6. The van der Waals surface area contributed by atoms with Crippen LogP contribution in [-0.2, 0) is 22.2 Å². The van der Waals surface area contributed by atoms with Crippen molar-refractivity contribution < 1.29 is 26.3 Å². The SMILES string of the molecule is COc1cc(C2CCCc3nc(SCc4c(F)cc(S(N)(=O)=O)cc4F)n(-c4ccc(F)cc4)c32)ccc1Cl. The van der Waals surface area contributed by atoms with Crippen LogP contribution in [-0.4, -0.2) is 25.1 Å². The molecular formula is C27H23ClF3N3O3S2. The van der Waals surface area contributed by atoms with E-state index in [-0.39, 0.29) is 17.2 Å². The summed E-state index contributed by atoms with van der Waals surface area (Å²) < 4.78 is 73.8. The molecule has 4 aromatic rings. The van der Waals surface area contributed by atoms with Crippen LogP contribution in [0.15, 0.2) is 64.6 Å². The first kappa shape index (κ1) is 27.6. The van der Waals surface area contributed by atoms with Crippen molar-refractivity contribution in [1.29, 1.82) is 0 Å². The number of aryl methyl sites for hydroxylation is 1. The molecule has 1 heterocycles. The number of nitrogens with zero attached hydrogens (tertiary/aromatic N) is 2. The number of hydrogen-bond acceptors (Lipinski definition) is 5. The van der Waals surface area contributed by atoms with E-state index in [1.807, 2.05) is 16.7 Å². The van der Waals surface area contributed by atoms with E-state index < -0.39 is 32.4 Å². The molecule has 0 fully saturated rings. The number of rotatable bonds is 7. The second-order valence-corrected chi connectivity index (χ2v) is 12.0. The van der Waals surface area contributed by atoms with Gasteiger partial charge in [-0.05, 0) is 73.4 Å². The summed E-state index contributed by atoms with van der Waals surface area (Å²) in [7, 11) is -2.73. The average Bonchev–Trinajstić information content (AvgIpc) is 3.27. The van der Waals surface area contributed by atoms with Gasteiger partial charge in [-0.2, -0.15) is 0 Å². The zero-order valence-electron chi connectivity index (χ0n) is 20.6. The van der Waals surface area contributed by atoms with Crippen molar-refractivity contribution in [2.75, 3.05) is 7.11 Å². The molecular weight excluding hydrogens is 571 g/mol. The highest BCUT2D eigenvalue weighted by Gasteiger charge is 2.31. The predicted octanol–water partition coefficient (Wildman–Crippen LogP) is 6.36. The van der Waals surface area contributed by atoms with Crippen LogP contribution in [0.3, 0.4) is 0 Å². The topological polar surface area (TPSA) is 87.2 Å². The van der Waals surface area contributed by atoms with E-state index in [4.69, 9.17) is 26.5 Å². The number of nitrogens with two attached hydrogens (primary N) is 1. The Labute approximate surface area is 233 Å². The average molecular weight is 594 g/mol. The smallest absolute Gasteiger partial charge is 0.238 e. The van der Waals surface area contributed by atoms with Crippen molar-refractivity contribution in [1.82, 2.24) is 9.55 Å². The Morgan fingerprint density at radius 1 is 1.10 bits per heavy atom. The first-order valence-electron chi connectivity index (χ1n) is 11.9. The highest BCUT2D eigenvalue weighted by atomic mass is 35.5. The lowest BCUT2D eigenvalue weighted by molar-refractivity contribution is 0.414. The van der Waals surface area contributed by atoms with Crippen molar-refractivity contribution >= 4 is 33.4 Å². The molecule has 1 atom stereocenters. The lowest BCUT2D eigenvalue weighted by atomic mass is 9.84. The summed E-state index contributed by atoms with van der Waals surface area (Å²) in [6, 6.07) is 12.9. The molecule has 6 nitrogen and oxygen atoms in total. The molecule has 0 spiro atoms. The van der Waals surface area contributed by atoms with Crippen LogP contribution in [0.1, 0.15) is 41.3 Å². The van der Waals surface area contributed by atoms with Gasteiger partial charge in [0.25, 0.3) is 0 Å². The van der Waals surface area contributed by atoms with Gasteiger partial charge in [-0.1, -0.05) is 29.4 Å². The molecule has 2 N–H and O–H groups in total. The number of ether oxygens (including phenoxy) is 1. The molecule has 0 saturated heterocycles. The summed E-state index contributed by atoms with van der Waals surface area (Å²) >= 11 is 7.35. The molecule has 12 heteroatoms. The largest absolute Gasteiger partial charge is 0.495 e. The molecule has 0 saturated carbocycles. The molecule has 0 aliphatic heterocycles. The molecule has 1 aliphatic carbocycles. The van der Waals surface area contributed by atoms with E-state index in [1.54, 1.807) is 25.3 Å². The normalized spacial score (nSPS) is 15.3. The van der Waals surface area contributed by atoms with Crippen LogP contribution in [0, 0.1) is 17.5 Å². The molecule has 39 heavy (non-hydrogen) atoms. The number of primary sulfonamides is 1. The van der Waals surface area contributed by atoms with Crippen LogP contribution in [0.4, 0.5) is 13.2 Å². The van der Waals surface area contributed by atoms with Crippen molar-refractivity contribution in [3.63, 3.8) is 0 Å². The molecule has 1 aromatic heterocycles. The van der Waals surface area contributed by atoms with Crippen LogP contribution in [0.2, 0.25) is 5.02 Å². The Morgan fingerprint density at radius 2 is 1.79 bits per heavy atom. The number of aromatic nitrogens is 2. The van der Waals surface area contributed by atoms with Crippen molar-refractivity contribution in [3.8, 4) is 11.4 Å². The summed E-state index contributed by atoms with van der Waals surface area (Å²) in [5, 5.41) is 5.98. The Kier molecular flexibility index (Phi) is 7.69. The molecule has 5 rings (SSSR count). The third-order valence-corrected chi connectivity index (χ3v) is 8.82. The molecule has 1 unspecified atom stereocenters. The molecule has 3 aromatic carbocycles. The molecule has 0 radical (unpaired) electrons. The van der Waals surface area contributed by atoms with E-state index in [2.05, 4.69) is 0 Å². The molecule has 0 bridgehead atoms. The second-order valence-electron chi connectivity index (χ2n) is 9.08. The lowest BCUT2D eigenvalue weighted by Crippen LogP contribution is -2.15. The predicted molar refractivity (Wildman–Crippen MR) is 144 cm³/mol. The fourth-order valence-electron chi connectivity index (χ4n) is 4.78. The third-order valence-electron chi connectivity index (χ3n) is 6.65. The highest BCUT2D eigenvalue weighted by molar-refractivity contribution is 7.98. The number of methoxy groups -OCH3 is 1. The fraction of sp³-hybridized carbons (Fsp3) is 0.222. The number of sulfonamides is 1.